The van der Waals surface area contributed by atoms with Crippen LogP contribution in [0.15, 0.2) is 36.5 Å². The highest BCUT2D eigenvalue weighted by Crippen LogP contribution is 2.44. The van der Waals surface area contributed by atoms with Crippen molar-refractivity contribution in [1.29, 1.82) is 5.26 Å². The van der Waals surface area contributed by atoms with Crippen molar-refractivity contribution in [2.45, 2.75) is 50.5 Å². The van der Waals surface area contributed by atoms with E-state index in [2.05, 4.69) is 16.3 Å². The summed E-state index contributed by atoms with van der Waals surface area (Å²) in [6.45, 7) is 4.24. The normalized spacial score (nSPS) is 18.9. The third-order valence-electron chi connectivity index (χ3n) is 6.59. The second-order valence-corrected chi connectivity index (χ2v) is 9.39. The van der Waals surface area contributed by atoms with E-state index in [9.17, 15) is 19.6 Å². The number of nitriles is 1. The van der Waals surface area contributed by atoms with Crippen LogP contribution in [0.25, 0.3) is 27.8 Å². The van der Waals surface area contributed by atoms with Crippen LogP contribution in [0.1, 0.15) is 50.3 Å². The number of aliphatic carboxylic acids is 1. The SMILES string of the molecule is CC(C)(CC#N)c1c(C2CCC(C(=O)O)OC2)c2nc3[nH]ncc3cc2n1-c1ccc(F)cc1. The Kier molecular flexibility index (Phi) is 5.33. The predicted molar refractivity (Wildman–Crippen MR) is 123 cm³/mol. The fourth-order valence-electron chi connectivity index (χ4n) is 4.96. The molecule has 0 saturated carbocycles. The number of H-pyrrole nitrogens is 1. The standard InChI is InChI=1S/C25H24FN5O3/c1-25(2,9-10-27)22-20(14-3-8-19(24(32)33)34-13-14)21-18(11-15-12-28-30-23(15)29-21)31(22)17-6-4-16(26)5-7-17/h4-7,11-12,14,19H,3,8-9,13H2,1-2H3,(H,32,33)(H,28,29,30). The van der Waals surface area contributed by atoms with Crippen LogP contribution in [-0.2, 0) is 14.9 Å². The number of rotatable bonds is 5. The largest absolute Gasteiger partial charge is 0.479 e. The summed E-state index contributed by atoms with van der Waals surface area (Å²) in [5, 5.41) is 26.9. The van der Waals surface area contributed by atoms with Gasteiger partial charge < -0.3 is 14.4 Å². The van der Waals surface area contributed by atoms with Crippen LogP contribution in [0.5, 0.6) is 0 Å². The van der Waals surface area contributed by atoms with E-state index >= 15 is 0 Å². The molecule has 0 radical (unpaired) electrons. The number of carboxylic acid groups (broad SMARTS) is 1. The molecule has 9 heteroatoms. The molecule has 34 heavy (non-hydrogen) atoms. The van der Waals surface area contributed by atoms with Crippen molar-refractivity contribution in [2.24, 2.45) is 0 Å². The number of hydrogen-bond donors (Lipinski definition) is 2. The lowest BCUT2D eigenvalue weighted by Crippen LogP contribution is -2.32. The first-order valence-electron chi connectivity index (χ1n) is 11.2. The number of aromatic nitrogens is 4. The van der Waals surface area contributed by atoms with Crippen LogP contribution in [0.3, 0.4) is 0 Å². The number of nitrogens with one attached hydrogen (secondary N) is 1. The van der Waals surface area contributed by atoms with E-state index in [1.165, 1.54) is 12.1 Å². The van der Waals surface area contributed by atoms with Gasteiger partial charge in [-0.25, -0.2) is 14.2 Å². The van der Waals surface area contributed by atoms with Gasteiger partial charge in [-0.2, -0.15) is 10.4 Å². The molecule has 1 saturated heterocycles. The maximum absolute atomic E-state index is 13.8. The number of nitrogens with zero attached hydrogens (tertiary/aromatic N) is 4. The summed E-state index contributed by atoms with van der Waals surface area (Å²) in [7, 11) is 0. The molecule has 1 fully saturated rings. The number of halogens is 1. The zero-order valence-electron chi connectivity index (χ0n) is 18.9. The lowest BCUT2D eigenvalue weighted by molar-refractivity contribution is -0.153. The minimum absolute atomic E-state index is 0.111. The molecule has 2 atom stereocenters. The molecule has 0 spiro atoms. The average molecular weight is 461 g/mol. The van der Waals surface area contributed by atoms with Crippen LogP contribution in [0, 0.1) is 17.1 Å². The first-order valence-corrected chi connectivity index (χ1v) is 11.2. The van der Waals surface area contributed by atoms with Crippen LogP contribution < -0.4 is 0 Å². The fourth-order valence-corrected chi connectivity index (χ4v) is 4.96. The van der Waals surface area contributed by atoms with Crippen molar-refractivity contribution in [2.75, 3.05) is 6.61 Å². The Balaban J connectivity index is 1.82. The first-order chi connectivity index (χ1) is 16.3. The number of pyridine rings is 1. The first kappa shape index (κ1) is 22.0. The number of carboxylic acids is 1. The number of ether oxygens (including phenoxy) is 1. The number of hydrogen-bond acceptors (Lipinski definition) is 5. The van der Waals surface area contributed by atoms with E-state index in [-0.39, 0.29) is 24.8 Å². The highest BCUT2D eigenvalue weighted by molar-refractivity contribution is 5.94. The molecule has 2 unspecified atom stereocenters. The molecule has 1 aromatic carbocycles. The Bertz CT molecular complexity index is 1420. The quantitative estimate of drug-likeness (QED) is 0.449. The van der Waals surface area contributed by atoms with Gasteiger partial charge in [0.15, 0.2) is 11.8 Å². The Labute approximate surface area is 195 Å². The summed E-state index contributed by atoms with van der Waals surface area (Å²) in [5.41, 5.74) is 4.19. The van der Waals surface area contributed by atoms with Gasteiger partial charge in [-0.3, -0.25) is 5.10 Å². The van der Waals surface area contributed by atoms with Crippen molar-refractivity contribution in [1.82, 2.24) is 19.7 Å². The number of aromatic amines is 1. The van der Waals surface area contributed by atoms with E-state index in [0.717, 1.165) is 33.4 Å². The Hall–Kier alpha value is -3.77. The van der Waals surface area contributed by atoms with Gasteiger partial charge in [-0.15, -0.1) is 0 Å². The summed E-state index contributed by atoms with van der Waals surface area (Å²) in [4.78, 5) is 16.3. The van der Waals surface area contributed by atoms with Crippen molar-refractivity contribution < 1.29 is 19.0 Å². The molecule has 4 heterocycles. The maximum atomic E-state index is 13.8. The van der Waals surface area contributed by atoms with Crippen LogP contribution >= 0.6 is 0 Å². The minimum Gasteiger partial charge on any atom is -0.479 e. The highest BCUT2D eigenvalue weighted by Gasteiger charge is 2.37. The Morgan fingerprint density at radius 3 is 2.76 bits per heavy atom. The smallest absolute Gasteiger partial charge is 0.332 e. The molecule has 1 aliphatic rings. The van der Waals surface area contributed by atoms with Crippen LogP contribution in [0.4, 0.5) is 4.39 Å². The second-order valence-electron chi connectivity index (χ2n) is 9.39. The lowest BCUT2D eigenvalue weighted by atomic mass is 9.79. The number of fused-ring (bicyclic) bond motifs is 2. The Morgan fingerprint density at radius 2 is 2.12 bits per heavy atom. The van der Waals surface area contributed by atoms with Crippen molar-refractivity contribution in [3.8, 4) is 11.8 Å². The molecular formula is C25H24FN5O3. The van der Waals surface area contributed by atoms with Crippen molar-refractivity contribution in [3.05, 3.63) is 53.6 Å². The van der Waals surface area contributed by atoms with E-state index in [1.807, 2.05) is 24.5 Å². The monoisotopic (exact) mass is 461 g/mol. The summed E-state index contributed by atoms with van der Waals surface area (Å²) in [5.74, 6) is -1.41. The molecule has 0 aliphatic carbocycles. The topological polar surface area (TPSA) is 117 Å². The van der Waals surface area contributed by atoms with Gasteiger partial charge in [0.05, 0.1) is 29.9 Å². The van der Waals surface area contributed by atoms with Gasteiger partial charge in [0.1, 0.15) is 5.82 Å². The van der Waals surface area contributed by atoms with Crippen molar-refractivity contribution >= 4 is 28.0 Å². The van der Waals surface area contributed by atoms with Gasteiger partial charge in [0.25, 0.3) is 0 Å². The van der Waals surface area contributed by atoms with Crippen LogP contribution in [0.2, 0.25) is 0 Å². The zero-order chi connectivity index (χ0) is 24.0. The molecule has 174 valence electrons. The third kappa shape index (κ3) is 3.60. The second kappa shape index (κ2) is 8.22. The molecule has 0 bridgehead atoms. The summed E-state index contributed by atoms with van der Waals surface area (Å²) < 4.78 is 21.6. The Morgan fingerprint density at radius 1 is 1.35 bits per heavy atom. The van der Waals surface area contributed by atoms with Gasteiger partial charge >= 0.3 is 5.97 Å². The van der Waals surface area contributed by atoms with Crippen molar-refractivity contribution in [3.63, 3.8) is 0 Å². The molecular weight excluding hydrogens is 437 g/mol. The molecule has 1 aliphatic heterocycles. The van der Waals surface area contributed by atoms with E-state index in [4.69, 9.17) is 9.72 Å². The molecule has 2 N–H and O–H groups in total. The lowest BCUT2D eigenvalue weighted by Gasteiger charge is -2.31. The predicted octanol–water partition coefficient (Wildman–Crippen LogP) is 4.58. The third-order valence-corrected chi connectivity index (χ3v) is 6.59. The van der Waals surface area contributed by atoms with Crippen LogP contribution in [-0.4, -0.2) is 43.5 Å². The van der Waals surface area contributed by atoms with E-state index in [1.54, 1.807) is 18.3 Å². The minimum atomic E-state index is -0.963. The highest BCUT2D eigenvalue weighted by atomic mass is 19.1. The average Bonchev–Trinajstić information content (AvgIpc) is 3.40. The molecule has 0 amide bonds. The maximum Gasteiger partial charge on any atom is 0.332 e. The molecule has 4 aromatic rings. The number of carbonyl (C=O) groups is 1. The molecule has 8 nitrogen and oxygen atoms in total. The summed E-state index contributed by atoms with van der Waals surface area (Å²) >= 11 is 0. The zero-order valence-corrected chi connectivity index (χ0v) is 18.9. The van der Waals surface area contributed by atoms with E-state index < -0.39 is 17.5 Å². The van der Waals surface area contributed by atoms with Gasteiger partial charge in [0, 0.05) is 40.1 Å². The number of benzene rings is 1. The fraction of sp³-hybridized carbons (Fsp3) is 0.360. The summed E-state index contributed by atoms with van der Waals surface area (Å²) in [6, 6.07) is 10.5. The van der Waals surface area contributed by atoms with Gasteiger partial charge in [-0.1, -0.05) is 13.8 Å². The van der Waals surface area contributed by atoms with E-state index in [0.29, 0.717) is 18.5 Å². The molecule has 5 rings (SSSR count). The van der Waals surface area contributed by atoms with Gasteiger partial charge in [0.2, 0.25) is 0 Å². The van der Waals surface area contributed by atoms with Gasteiger partial charge in [-0.05, 0) is 43.2 Å². The summed E-state index contributed by atoms with van der Waals surface area (Å²) in [6.07, 6.45) is 2.11. The molecule has 3 aromatic heterocycles.